The molecule has 1 heterocycles. The van der Waals surface area contributed by atoms with Gasteiger partial charge in [-0.2, -0.15) is 0 Å². The third-order valence-corrected chi connectivity index (χ3v) is 2.65. The number of anilines is 1. The molecule has 0 bridgehead atoms. The summed E-state index contributed by atoms with van der Waals surface area (Å²) in [6, 6.07) is 6.50. The maximum Gasteiger partial charge on any atom is 0.351 e. The quantitative estimate of drug-likeness (QED) is 0.742. The molecule has 0 unspecified atom stereocenters. The summed E-state index contributed by atoms with van der Waals surface area (Å²) in [7, 11) is 1.34. The van der Waals surface area contributed by atoms with Gasteiger partial charge < -0.3 is 9.73 Å². The molecular formula is C13H11FN2O4. The van der Waals surface area contributed by atoms with Crippen LogP contribution >= 0.6 is 0 Å². The van der Waals surface area contributed by atoms with Crippen molar-refractivity contribution in [2.24, 2.45) is 0 Å². The topological polar surface area (TPSA) is 91.6 Å². The second kappa shape index (κ2) is 5.54. The molecule has 2 aromatic rings. The highest BCUT2D eigenvalue weighted by Crippen LogP contribution is 2.23. The second-order valence-electron chi connectivity index (χ2n) is 3.88. The molecule has 0 aliphatic carbocycles. The number of halogens is 1. The molecule has 2 rings (SSSR count). The van der Waals surface area contributed by atoms with Gasteiger partial charge in [0.25, 0.3) is 5.91 Å². The highest BCUT2D eigenvalue weighted by atomic mass is 19.1. The number of carbonyl (C=O) groups is 1. The molecule has 1 aromatic heterocycles. The third kappa shape index (κ3) is 2.52. The van der Waals surface area contributed by atoms with Crippen molar-refractivity contribution in [2.75, 3.05) is 12.5 Å². The molecule has 3 N–H and O–H groups in total. The van der Waals surface area contributed by atoms with Crippen molar-refractivity contribution in [3.63, 3.8) is 0 Å². The molecule has 0 aliphatic rings. The van der Waals surface area contributed by atoms with Crippen LogP contribution in [0.1, 0.15) is 10.4 Å². The molecule has 0 aliphatic heterocycles. The van der Waals surface area contributed by atoms with Crippen LogP contribution in [0.4, 0.5) is 10.1 Å². The lowest BCUT2D eigenvalue weighted by Gasteiger charge is -2.08. The zero-order valence-electron chi connectivity index (χ0n) is 10.4. The molecule has 1 amide bonds. The number of benzene rings is 1. The lowest BCUT2D eigenvalue weighted by atomic mass is 10.1. The average molecular weight is 278 g/mol. The van der Waals surface area contributed by atoms with Gasteiger partial charge in [-0.1, -0.05) is 0 Å². The van der Waals surface area contributed by atoms with E-state index in [1.165, 1.54) is 37.4 Å². The van der Waals surface area contributed by atoms with Gasteiger partial charge in [0.2, 0.25) is 0 Å². The summed E-state index contributed by atoms with van der Waals surface area (Å²) in [6.45, 7) is 0. The maximum atomic E-state index is 12.8. The zero-order chi connectivity index (χ0) is 14.7. The summed E-state index contributed by atoms with van der Waals surface area (Å²) < 4.78 is 17.9. The molecular weight excluding hydrogens is 267 g/mol. The van der Waals surface area contributed by atoms with Crippen LogP contribution in [0.2, 0.25) is 0 Å². The Bertz CT molecular complexity index is 695. The number of hydrogen-bond donors (Lipinski definition) is 3. The molecule has 0 fully saturated rings. The second-order valence-corrected chi connectivity index (χ2v) is 3.88. The first-order chi connectivity index (χ1) is 9.56. The standard InChI is InChI=1S/C13H11FN2O4/c1-15-12(17)11-9(16-19)6-10(20-13(11)18)7-2-4-8(14)5-3-7/h2-6,16,19H,1H3,(H,15,17). The van der Waals surface area contributed by atoms with Gasteiger partial charge in [0.05, 0.1) is 5.69 Å². The predicted molar refractivity (Wildman–Crippen MR) is 69.2 cm³/mol. The zero-order valence-corrected chi connectivity index (χ0v) is 10.4. The van der Waals surface area contributed by atoms with Gasteiger partial charge >= 0.3 is 5.63 Å². The monoisotopic (exact) mass is 278 g/mol. The van der Waals surface area contributed by atoms with Gasteiger partial charge in [0.15, 0.2) is 5.56 Å². The average Bonchev–Trinajstić information content (AvgIpc) is 2.46. The number of carbonyl (C=O) groups excluding carboxylic acids is 1. The van der Waals surface area contributed by atoms with E-state index in [2.05, 4.69) is 5.32 Å². The fourth-order valence-electron chi connectivity index (χ4n) is 1.68. The Balaban J connectivity index is 2.58. The summed E-state index contributed by atoms with van der Waals surface area (Å²) in [5, 5.41) is 11.3. The van der Waals surface area contributed by atoms with Crippen molar-refractivity contribution in [2.45, 2.75) is 0 Å². The van der Waals surface area contributed by atoms with E-state index in [0.29, 0.717) is 5.56 Å². The van der Waals surface area contributed by atoms with E-state index in [1.54, 1.807) is 5.48 Å². The van der Waals surface area contributed by atoms with Crippen LogP contribution in [0.25, 0.3) is 11.3 Å². The Morgan fingerprint density at radius 2 is 1.95 bits per heavy atom. The molecule has 6 nitrogen and oxygen atoms in total. The Labute approximate surface area is 112 Å². The predicted octanol–water partition coefficient (Wildman–Crippen LogP) is 1.61. The number of hydrogen-bond acceptors (Lipinski definition) is 5. The summed E-state index contributed by atoms with van der Waals surface area (Å²) in [4.78, 5) is 23.3. The van der Waals surface area contributed by atoms with Crippen molar-refractivity contribution in [1.29, 1.82) is 0 Å². The van der Waals surface area contributed by atoms with Gasteiger partial charge in [0, 0.05) is 18.7 Å². The number of rotatable bonds is 3. The molecule has 0 spiro atoms. The van der Waals surface area contributed by atoms with E-state index in [4.69, 9.17) is 9.62 Å². The Morgan fingerprint density at radius 1 is 1.30 bits per heavy atom. The molecule has 0 atom stereocenters. The first-order valence-electron chi connectivity index (χ1n) is 5.63. The van der Waals surface area contributed by atoms with Crippen molar-refractivity contribution >= 4 is 11.6 Å². The normalized spacial score (nSPS) is 10.2. The largest absolute Gasteiger partial charge is 0.422 e. The van der Waals surface area contributed by atoms with Crippen molar-refractivity contribution < 1.29 is 18.8 Å². The van der Waals surface area contributed by atoms with Crippen LogP contribution in [0.15, 0.2) is 39.5 Å². The molecule has 7 heteroatoms. The fourth-order valence-corrected chi connectivity index (χ4v) is 1.68. The SMILES string of the molecule is CNC(=O)c1c(NO)cc(-c2ccc(F)cc2)oc1=O. The highest BCUT2D eigenvalue weighted by Gasteiger charge is 2.18. The van der Waals surface area contributed by atoms with Crippen molar-refractivity contribution in [1.82, 2.24) is 5.32 Å². The highest BCUT2D eigenvalue weighted by molar-refractivity contribution is 5.99. The Hall–Kier alpha value is -2.67. The minimum absolute atomic E-state index is 0.0965. The van der Waals surface area contributed by atoms with E-state index in [-0.39, 0.29) is 17.0 Å². The van der Waals surface area contributed by atoms with E-state index in [9.17, 15) is 14.0 Å². The van der Waals surface area contributed by atoms with E-state index < -0.39 is 17.3 Å². The van der Waals surface area contributed by atoms with E-state index in [0.717, 1.165) is 0 Å². The van der Waals surface area contributed by atoms with Gasteiger partial charge in [-0.25, -0.2) is 9.18 Å². The van der Waals surface area contributed by atoms with Crippen LogP contribution in [0.5, 0.6) is 0 Å². The van der Waals surface area contributed by atoms with Gasteiger partial charge in [-0.05, 0) is 24.3 Å². The molecule has 0 radical (unpaired) electrons. The van der Waals surface area contributed by atoms with Crippen molar-refractivity contribution in [3.05, 3.63) is 52.1 Å². The Morgan fingerprint density at radius 3 is 2.50 bits per heavy atom. The summed E-state index contributed by atoms with van der Waals surface area (Å²) in [6.07, 6.45) is 0. The number of amides is 1. The Kier molecular flexibility index (Phi) is 3.81. The maximum absolute atomic E-state index is 12.8. The molecule has 20 heavy (non-hydrogen) atoms. The van der Waals surface area contributed by atoms with Crippen LogP contribution in [0.3, 0.4) is 0 Å². The first-order valence-corrected chi connectivity index (χ1v) is 5.63. The van der Waals surface area contributed by atoms with E-state index >= 15 is 0 Å². The fraction of sp³-hybridized carbons (Fsp3) is 0.0769. The number of nitrogens with one attached hydrogen (secondary N) is 2. The molecule has 0 saturated carbocycles. The van der Waals surface area contributed by atoms with Gasteiger partial charge in [-0.3, -0.25) is 15.5 Å². The van der Waals surface area contributed by atoms with Crippen LogP contribution in [0, 0.1) is 5.82 Å². The minimum atomic E-state index is -0.914. The lowest BCUT2D eigenvalue weighted by Crippen LogP contribution is -2.26. The minimum Gasteiger partial charge on any atom is -0.422 e. The summed E-state index contributed by atoms with van der Waals surface area (Å²) in [5.41, 5.74) is 0.854. The van der Waals surface area contributed by atoms with Crippen molar-refractivity contribution in [3.8, 4) is 11.3 Å². The molecule has 1 aromatic carbocycles. The van der Waals surface area contributed by atoms with Crippen LogP contribution < -0.4 is 16.4 Å². The molecule has 104 valence electrons. The lowest BCUT2D eigenvalue weighted by molar-refractivity contribution is 0.0959. The van der Waals surface area contributed by atoms with Crippen LogP contribution in [-0.2, 0) is 0 Å². The van der Waals surface area contributed by atoms with E-state index in [1.807, 2.05) is 0 Å². The summed E-state index contributed by atoms with van der Waals surface area (Å²) >= 11 is 0. The van der Waals surface area contributed by atoms with Crippen LogP contribution in [-0.4, -0.2) is 18.2 Å². The third-order valence-electron chi connectivity index (χ3n) is 2.65. The molecule has 0 saturated heterocycles. The first kappa shape index (κ1) is 13.8. The smallest absolute Gasteiger partial charge is 0.351 e. The van der Waals surface area contributed by atoms with Gasteiger partial charge in [0.1, 0.15) is 11.6 Å². The van der Waals surface area contributed by atoms with Gasteiger partial charge in [-0.15, -0.1) is 0 Å². The summed E-state index contributed by atoms with van der Waals surface area (Å²) in [5.74, 6) is -1.03.